The van der Waals surface area contributed by atoms with E-state index in [1.807, 2.05) is 38.4 Å². The molecule has 0 saturated carbocycles. The molecule has 0 unspecified atom stereocenters. The van der Waals surface area contributed by atoms with Crippen LogP contribution in [0.4, 0.5) is 5.69 Å². The summed E-state index contributed by atoms with van der Waals surface area (Å²) in [6.07, 6.45) is 0. The van der Waals surface area contributed by atoms with Gasteiger partial charge in [-0.1, -0.05) is 12.1 Å². The molecule has 0 aromatic heterocycles. The normalized spacial score (nSPS) is 12.6. The van der Waals surface area contributed by atoms with Crippen LogP contribution >= 0.6 is 0 Å². The molecule has 1 atom stereocenters. The fourth-order valence-corrected chi connectivity index (χ4v) is 1.16. The van der Waals surface area contributed by atoms with Crippen molar-refractivity contribution in [1.29, 1.82) is 0 Å². The second-order valence-electron chi connectivity index (χ2n) is 3.33. The van der Waals surface area contributed by atoms with Crippen LogP contribution in [-0.4, -0.2) is 20.6 Å². The van der Waals surface area contributed by atoms with Gasteiger partial charge in [0.2, 0.25) is 0 Å². The number of nitrogens with two attached hydrogens (primary N) is 2. The summed E-state index contributed by atoms with van der Waals surface area (Å²) in [5.41, 5.74) is 13.5. The Morgan fingerprint density at radius 2 is 1.77 bits per heavy atom. The number of rotatable bonds is 3. The summed E-state index contributed by atoms with van der Waals surface area (Å²) < 4.78 is 0. The predicted molar refractivity (Wildman–Crippen MR) is 56.8 cm³/mol. The third-order valence-corrected chi connectivity index (χ3v) is 2.09. The maximum Gasteiger partial charge on any atom is 0.0419 e. The van der Waals surface area contributed by atoms with E-state index in [4.69, 9.17) is 11.5 Å². The molecule has 0 saturated heterocycles. The van der Waals surface area contributed by atoms with Crippen LogP contribution in [0.25, 0.3) is 0 Å². The summed E-state index contributed by atoms with van der Waals surface area (Å²) >= 11 is 0. The van der Waals surface area contributed by atoms with Crippen LogP contribution in [0, 0.1) is 0 Å². The van der Waals surface area contributed by atoms with Crippen molar-refractivity contribution in [2.24, 2.45) is 11.5 Å². The van der Waals surface area contributed by atoms with Crippen molar-refractivity contribution in [3.63, 3.8) is 0 Å². The molecule has 4 N–H and O–H groups in total. The predicted octanol–water partition coefficient (Wildman–Crippen LogP) is 0.711. The van der Waals surface area contributed by atoms with Crippen molar-refractivity contribution in [1.82, 2.24) is 0 Å². The fourth-order valence-electron chi connectivity index (χ4n) is 1.16. The van der Waals surface area contributed by atoms with Crippen LogP contribution < -0.4 is 16.4 Å². The second kappa shape index (κ2) is 4.25. The average Bonchev–Trinajstić information content (AvgIpc) is 2.17. The molecule has 0 spiro atoms. The molecule has 0 radical (unpaired) electrons. The van der Waals surface area contributed by atoms with E-state index in [1.165, 1.54) is 5.69 Å². The Kier molecular flexibility index (Phi) is 3.28. The molecule has 1 aromatic carbocycles. The average molecular weight is 179 g/mol. The van der Waals surface area contributed by atoms with Crippen LogP contribution in [0.15, 0.2) is 24.3 Å². The molecule has 3 nitrogen and oxygen atoms in total. The molecule has 1 rings (SSSR count). The van der Waals surface area contributed by atoms with Gasteiger partial charge in [0, 0.05) is 32.4 Å². The number of nitrogens with zero attached hydrogens (tertiary/aromatic N) is 1. The highest BCUT2D eigenvalue weighted by Gasteiger charge is 2.02. The van der Waals surface area contributed by atoms with E-state index in [1.54, 1.807) is 0 Å². The van der Waals surface area contributed by atoms with Crippen LogP contribution in [-0.2, 0) is 0 Å². The maximum absolute atomic E-state index is 5.78. The van der Waals surface area contributed by atoms with Gasteiger partial charge in [-0.15, -0.1) is 0 Å². The second-order valence-corrected chi connectivity index (χ2v) is 3.33. The van der Waals surface area contributed by atoms with Crippen molar-refractivity contribution < 1.29 is 0 Å². The zero-order valence-corrected chi connectivity index (χ0v) is 8.20. The lowest BCUT2D eigenvalue weighted by molar-refractivity contribution is 0.737. The van der Waals surface area contributed by atoms with E-state index in [2.05, 4.69) is 4.90 Å². The lowest BCUT2D eigenvalue weighted by Gasteiger charge is -2.14. The van der Waals surface area contributed by atoms with Crippen molar-refractivity contribution in [2.45, 2.75) is 6.04 Å². The summed E-state index contributed by atoms with van der Waals surface area (Å²) in [6, 6.07) is 8.09. The zero-order valence-electron chi connectivity index (χ0n) is 8.20. The zero-order chi connectivity index (χ0) is 9.84. The molecule has 0 aliphatic rings. The first-order valence-electron chi connectivity index (χ1n) is 4.38. The molecule has 72 valence electrons. The summed E-state index contributed by atoms with van der Waals surface area (Å²) in [5, 5.41) is 0. The summed E-state index contributed by atoms with van der Waals surface area (Å²) in [4.78, 5) is 2.05. The fraction of sp³-hybridized carbons (Fsp3) is 0.400. The number of hydrogen-bond donors (Lipinski definition) is 2. The van der Waals surface area contributed by atoms with E-state index in [-0.39, 0.29) is 6.04 Å². The van der Waals surface area contributed by atoms with Gasteiger partial charge in [0.05, 0.1) is 0 Å². The Bertz CT molecular complexity index is 253. The molecule has 13 heavy (non-hydrogen) atoms. The van der Waals surface area contributed by atoms with Crippen molar-refractivity contribution >= 4 is 5.69 Å². The molecule has 1 aromatic rings. The molecular weight excluding hydrogens is 162 g/mol. The Balaban J connectivity index is 2.81. The van der Waals surface area contributed by atoms with Crippen molar-refractivity contribution in [2.75, 3.05) is 25.5 Å². The highest BCUT2D eigenvalue weighted by molar-refractivity contribution is 5.46. The number of anilines is 1. The van der Waals surface area contributed by atoms with Gasteiger partial charge in [-0.25, -0.2) is 0 Å². The molecule has 0 heterocycles. The maximum atomic E-state index is 5.78. The minimum absolute atomic E-state index is 0.0452. The number of benzene rings is 1. The molecule has 3 heteroatoms. The third kappa shape index (κ3) is 2.44. The monoisotopic (exact) mass is 179 g/mol. The lowest BCUT2D eigenvalue weighted by Crippen LogP contribution is -2.20. The van der Waals surface area contributed by atoms with Gasteiger partial charge in [-0.3, -0.25) is 0 Å². The molecule has 0 amide bonds. The lowest BCUT2D eigenvalue weighted by atomic mass is 10.1. The van der Waals surface area contributed by atoms with Crippen molar-refractivity contribution in [3.05, 3.63) is 29.8 Å². The summed E-state index contributed by atoms with van der Waals surface area (Å²) in [5.74, 6) is 0. The highest BCUT2D eigenvalue weighted by atomic mass is 15.1. The Hall–Kier alpha value is -1.06. The van der Waals surface area contributed by atoms with Crippen LogP contribution in [0.3, 0.4) is 0 Å². The van der Waals surface area contributed by atoms with Gasteiger partial charge in [0.15, 0.2) is 0 Å². The minimum atomic E-state index is -0.0452. The topological polar surface area (TPSA) is 55.3 Å². The number of hydrogen-bond acceptors (Lipinski definition) is 3. The van der Waals surface area contributed by atoms with E-state index < -0.39 is 0 Å². The molecule has 0 fully saturated rings. The molecular formula is C10H17N3. The largest absolute Gasteiger partial charge is 0.378 e. The van der Waals surface area contributed by atoms with E-state index in [0.717, 1.165) is 5.56 Å². The molecule has 0 aliphatic heterocycles. The first kappa shape index (κ1) is 10.0. The summed E-state index contributed by atoms with van der Waals surface area (Å²) in [6.45, 7) is 0.487. The van der Waals surface area contributed by atoms with Crippen molar-refractivity contribution in [3.8, 4) is 0 Å². The van der Waals surface area contributed by atoms with Gasteiger partial charge in [-0.05, 0) is 17.7 Å². The van der Waals surface area contributed by atoms with Gasteiger partial charge in [0.1, 0.15) is 0 Å². The molecule has 0 aliphatic carbocycles. The Labute approximate surface area is 79.3 Å². The minimum Gasteiger partial charge on any atom is -0.378 e. The third-order valence-electron chi connectivity index (χ3n) is 2.09. The van der Waals surface area contributed by atoms with Gasteiger partial charge >= 0.3 is 0 Å². The molecule has 0 bridgehead atoms. The van der Waals surface area contributed by atoms with Crippen LogP contribution in [0.2, 0.25) is 0 Å². The highest BCUT2D eigenvalue weighted by Crippen LogP contribution is 2.15. The Morgan fingerprint density at radius 1 is 1.23 bits per heavy atom. The van der Waals surface area contributed by atoms with E-state index in [9.17, 15) is 0 Å². The van der Waals surface area contributed by atoms with E-state index >= 15 is 0 Å². The first-order valence-corrected chi connectivity index (χ1v) is 4.38. The van der Waals surface area contributed by atoms with Gasteiger partial charge in [0.25, 0.3) is 0 Å². The van der Waals surface area contributed by atoms with E-state index in [0.29, 0.717) is 6.54 Å². The smallest absolute Gasteiger partial charge is 0.0419 e. The van der Waals surface area contributed by atoms with Crippen LogP contribution in [0.1, 0.15) is 11.6 Å². The van der Waals surface area contributed by atoms with Crippen LogP contribution in [0.5, 0.6) is 0 Å². The van der Waals surface area contributed by atoms with Gasteiger partial charge < -0.3 is 16.4 Å². The first-order chi connectivity index (χ1) is 6.15. The SMILES string of the molecule is CN(C)c1ccc([C@@H](N)CN)cc1. The quantitative estimate of drug-likeness (QED) is 0.718. The van der Waals surface area contributed by atoms with Gasteiger partial charge in [-0.2, -0.15) is 0 Å². The standard InChI is InChI=1S/C10H17N3/c1-13(2)9-5-3-8(4-6-9)10(12)7-11/h3-6,10H,7,11-12H2,1-2H3/t10-/m0/s1. The Morgan fingerprint density at radius 3 is 2.15 bits per heavy atom. The summed E-state index contributed by atoms with van der Waals surface area (Å²) in [7, 11) is 4.02.